The van der Waals surface area contributed by atoms with Gasteiger partial charge in [0.05, 0.1) is 6.42 Å². The maximum Gasteiger partial charge on any atom is 0.305 e. The predicted molar refractivity (Wildman–Crippen MR) is 58.6 cm³/mol. The van der Waals surface area contributed by atoms with Crippen molar-refractivity contribution in [3.05, 3.63) is 29.1 Å². The van der Waals surface area contributed by atoms with Gasteiger partial charge in [0, 0.05) is 17.9 Å². The van der Waals surface area contributed by atoms with E-state index in [1.54, 1.807) is 0 Å². The van der Waals surface area contributed by atoms with Crippen molar-refractivity contribution < 1.29 is 31.5 Å². The molecule has 106 valence electrons. The minimum atomic E-state index is -4.30. The highest BCUT2D eigenvalue weighted by Gasteiger charge is 2.28. The smallest absolute Gasteiger partial charge is 0.305 e. The van der Waals surface area contributed by atoms with Crippen LogP contribution in [0.25, 0.3) is 0 Å². The topological polar surface area (TPSA) is 97.5 Å². The molecular formula is C10H10F3NO4S. The largest absolute Gasteiger partial charge is 0.481 e. The fraction of sp³-hybridized carbons (Fsp3) is 0.300. The number of rotatable bonds is 4. The van der Waals surface area contributed by atoms with Crippen molar-refractivity contribution in [1.29, 1.82) is 0 Å². The molecule has 0 bridgehead atoms. The summed E-state index contributed by atoms with van der Waals surface area (Å²) in [6.45, 7) is 0. The van der Waals surface area contributed by atoms with E-state index in [1.807, 2.05) is 0 Å². The van der Waals surface area contributed by atoms with Gasteiger partial charge in [-0.1, -0.05) is 0 Å². The lowest BCUT2D eigenvalue weighted by Gasteiger charge is -2.13. The van der Waals surface area contributed by atoms with Gasteiger partial charge in [0.25, 0.3) is 0 Å². The average Bonchev–Trinajstić information content (AvgIpc) is 2.20. The van der Waals surface area contributed by atoms with Gasteiger partial charge in [-0.25, -0.2) is 21.6 Å². The Morgan fingerprint density at radius 2 is 1.89 bits per heavy atom. The fourth-order valence-electron chi connectivity index (χ4n) is 1.50. The van der Waals surface area contributed by atoms with Gasteiger partial charge < -0.3 is 10.8 Å². The van der Waals surface area contributed by atoms with Crippen LogP contribution in [-0.4, -0.2) is 25.7 Å². The molecule has 0 aromatic heterocycles. The van der Waals surface area contributed by atoms with Gasteiger partial charge in [0.15, 0.2) is 21.5 Å². The van der Waals surface area contributed by atoms with Crippen LogP contribution in [0.1, 0.15) is 18.0 Å². The zero-order chi connectivity index (χ0) is 15.0. The lowest BCUT2D eigenvalue weighted by atomic mass is 10.0. The van der Waals surface area contributed by atoms with E-state index in [-0.39, 0.29) is 0 Å². The Bertz CT molecular complexity index is 630. The highest BCUT2D eigenvalue weighted by atomic mass is 32.2. The average molecular weight is 297 g/mol. The number of nitrogens with two attached hydrogens (primary N) is 1. The third-order valence-corrected chi connectivity index (χ3v) is 3.43. The fourth-order valence-corrected chi connectivity index (χ4v) is 2.33. The van der Waals surface area contributed by atoms with Crippen LogP contribution in [0, 0.1) is 17.5 Å². The Balaban J connectivity index is 3.46. The summed E-state index contributed by atoms with van der Waals surface area (Å²) in [4.78, 5) is 9.00. The van der Waals surface area contributed by atoms with Gasteiger partial charge in [-0.05, 0) is 6.07 Å². The molecule has 0 amide bonds. The minimum Gasteiger partial charge on any atom is -0.481 e. The summed E-state index contributed by atoms with van der Waals surface area (Å²) in [5.74, 6) is -6.48. The quantitative estimate of drug-likeness (QED) is 0.807. The van der Waals surface area contributed by atoms with Crippen molar-refractivity contribution in [3.63, 3.8) is 0 Å². The summed E-state index contributed by atoms with van der Waals surface area (Å²) in [7, 11) is -4.30. The van der Waals surface area contributed by atoms with E-state index in [0.29, 0.717) is 12.3 Å². The molecule has 9 heteroatoms. The SMILES string of the molecule is CS(=O)(=O)c1c(F)cc(C(N)CC(=O)O)c(F)c1F. The molecule has 0 aliphatic heterocycles. The van der Waals surface area contributed by atoms with Crippen molar-refractivity contribution in [2.24, 2.45) is 5.73 Å². The van der Waals surface area contributed by atoms with Crippen molar-refractivity contribution >= 4 is 15.8 Å². The van der Waals surface area contributed by atoms with Gasteiger partial charge in [-0.15, -0.1) is 0 Å². The second-order valence-corrected chi connectivity index (χ2v) is 5.83. The van der Waals surface area contributed by atoms with Gasteiger partial charge in [0.2, 0.25) is 0 Å². The minimum absolute atomic E-state index is 0.391. The number of sulfone groups is 1. The standard InChI is InChI=1S/C10H10F3NO4S/c1-19(17,18)10-5(11)2-4(8(12)9(10)13)6(14)3-7(15)16/h2,6H,3,14H2,1H3,(H,15,16). The molecule has 0 aliphatic carbocycles. The molecule has 0 aliphatic rings. The summed E-state index contributed by atoms with van der Waals surface area (Å²) in [5.41, 5.74) is 4.56. The van der Waals surface area contributed by atoms with Crippen molar-refractivity contribution in [2.75, 3.05) is 6.26 Å². The molecule has 1 rings (SSSR count). The van der Waals surface area contributed by atoms with E-state index in [9.17, 15) is 26.4 Å². The number of hydrogen-bond donors (Lipinski definition) is 2. The number of aliphatic carboxylic acids is 1. The number of carbonyl (C=O) groups is 1. The van der Waals surface area contributed by atoms with E-state index >= 15 is 0 Å². The van der Waals surface area contributed by atoms with Crippen LogP contribution >= 0.6 is 0 Å². The number of halogens is 3. The highest BCUT2D eigenvalue weighted by Crippen LogP contribution is 2.27. The number of hydrogen-bond acceptors (Lipinski definition) is 4. The third-order valence-electron chi connectivity index (χ3n) is 2.31. The summed E-state index contributed by atoms with van der Waals surface area (Å²) in [6, 6.07) is -1.10. The molecule has 0 saturated carbocycles. The first-order valence-electron chi connectivity index (χ1n) is 4.90. The van der Waals surface area contributed by atoms with E-state index in [4.69, 9.17) is 10.8 Å². The van der Waals surface area contributed by atoms with Crippen LogP contribution in [0.5, 0.6) is 0 Å². The van der Waals surface area contributed by atoms with Crippen LogP contribution in [0.2, 0.25) is 0 Å². The van der Waals surface area contributed by atoms with Crippen LogP contribution in [0.15, 0.2) is 11.0 Å². The number of carboxylic acid groups (broad SMARTS) is 1. The van der Waals surface area contributed by atoms with E-state index in [0.717, 1.165) is 0 Å². The van der Waals surface area contributed by atoms with Gasteiger partial charge in [-0.3, -0.25) is 4.79 Å². The van der Waals surface area contributed by atoms with Crippen molar-refractivity contribution in [1.82, 2.24) is 0 Å². The van der Waals surface area contributed by atoms with Crippen LogP contribution in [-0.2, 0) is 14.6 Å². The lowest BCUT2D eigenvalue weighted by molar-refractivity contribution is -0.137. The maximum absolute atomic E-state index is 13.6. The second-order valence-electron chi connectivity index (χ2n) is 3.88. The molecule has 0 heterocycles. The zero-order valence-corrected chi connectivity index (χ0v) is 10.5. The molecule has 1 aromatic carbocycles. The molecule has 1 unspecified atom stereocenters. The molecule has 3 N–H and O–H groups in total. The molecule has 0 saturated heterocycles. The zero-order valence-electron chi connectivity index (χ0n) is 9.65. The molecule has 19 heavy (non-hydrogen) atoms. The van der Waals surface area contributed by atoms with E-state index < -0.39 is 56.2 Å². The van der Waals surface area contributed by atoms with Crippen LogP contribution in [0.3, 0.4) is 0 Å². The maximum atomic E-state index is 13.6. The van der Waals surface area contributed by atoms with Gasteiger partial charge >= 0.3 is 5.97 Å². The van der Waals surface area contributed by atoms with Gasteiger partial charge in [-0.2, -0.15) is 0 Å². The van der Waals surface area contributed by atoms with Crippen LogP contribution in [0.4, 0.5) is 13.2 Å². The summed E-state index contributed by atoms with van der Waals surface area (Å²) in [5, 5.41) is 8.47. The number of benzene rings is 1. The Hall–Kier alpha value is -1.61. The molecular weight excluding hydrogens is 287 g/mol. The first kappa shape index (κ1) is 15.4. The normalized spacial score (nSPS) is 13.3. The molecule has 0 fully saturated rings. The monoisotopic (exact) mass is 297 g/mol. The van der Waals surface area contributed by atoms with Crippen molar-refractivity contribution in [3.8, 4) is 0 Å². The first-order valence-corrected chi connectivity index (χ1v) is 6.79. The third kappa shape index (κ3) is 3.24. The Morgan fingerprint density at radius 1 is 1.37 bits per heavy atom. The highest BCUT2D eigenvalue weighted by molar-refractivity contribution is 7.90. The van der Waals surface area contributed by atoms with Gasteiger partial charge in [0.1, 0.15) is 10.7 Å². The Kier molecular flexibility index (Phi) is 4.21. The first-order chi connectivity index (χ1) is 8.55. The van der Waals surface area contributed by atoms with E-state index in [1.165, 1.54) is 0 Å². The predicted octanol–water partition coefficient (Wildman–Crippen LogP) is 0.982. The van der Waals surface area contributed by atoms with E-state index in [2.05, 4.69) is 0 Å². The number of carboxylic acids is 1. The molecule has 0 spiro atoms. The Morgan fingerprint density at radius 3 is 2.32 bits per heavy atom. The molecule has 1 aromatic rings. The summed E-state index contributed by atoms with van der Waals surface area (Å²) >= 11 is 0. The summed E-state index contributed by atoms with van der Waals surface area (Å²) < 4.78 is 62.8. The second kappa shape index (κ2) is 5.17. The Labute approximate surface area is 106 Å². The molecule has 0 radical (unpaired) electrons. The van der Waals surface area contributed by atoms with Crippen LogP contribution < -0.4 is 5.73 Å². The lowest BCUT2D eigenvalue weighted by Crippen LogP contribution is -2.19. The van der Waals surface area contributed by atoms with Crippen molar-refractivity contribution in [2.45, 2.75) is 17.4 Å². The molecule has 5 nitrogen and oxygen atoms in total. The summed E-state index contributed by atoms with van der Waals surface area (Å²) in [6.07, 6.45) is -0.237. The molecule has 1 atom stereocenters.